The Labute approximate surface area is 93.9 Å². The van der Waals surface area contributed by atoms with Crippen LogP contribution in [-0.4, -0.2) is 43.8 Å². The minimum atomic E-state index is -1.60. The van der Waals surface area contributed by atoms with Gasteiger partial charge in [-0.15, -0.1) is 5.17 Å². The van der Waals surface area contributed by atoms with Gasteiger partial charge < -0.3 is 15.9 Å². The number of nitrogens with two attached hydrogens (primary N) is 1. The van der Waals surface area contributed by atoms with Gasteiger partial charge in [-0.1, -0.05) is 0 Å². The van der Waals surface area contributed by atoms with Crippen LogP contribution in [0.5, 0.6) is 0 Å². The maximum absolute atomic E-state index is 11.4. The molecule has 10 nitrogen and oxygen atoms in total. The van der Waals surface area contributed by atoms with Gasteiger partial charge in [-0.25, -0.2) is 19.8 Å². The van der Waals surface area contributed by atoms with E-state index in [0.29, 0.717) is 5.17 Å². The van der Waals surface area contributed by atoms with E-state index in [1.807, 2.05) is 0 Å². The molecule has 10 heteroatoms. The number of aliphatic hydroxyl groups is 2. The molecule has 1 aromatic heterocycles. The fourth-order valence-electron chi connectivity index (χ4n) is 1.32. The molecule has 0 bridgehead atoms. The number of rotatable bonds is 2. The second-order valence-electron chi connectivity index (χ2n) is 3.27. The zero-order valence-corrected chi connectivity index (χ0v) is 8.37. The summed E-state index contributed by atoms with van der Waals surface area (Å²) in [4.78, 5) is 23.4. The van der Waals surface area contributed by atoms with E-state index in [1.165, 1.54) is 12.3 Å². The van der Waals surface area contributed by atoms with Crippen LogP contribution in [0.25, 0.3) is 0 Å². The summed E-state index contributed by atoms with van der Waals surface area (Å²) in [6.07, 6.45) is -3.48. The van der Waals surface area contributed by atoms with Gasteiger partial charge in [0.1, 0.15) is 5.82 Å². The average molecular weight is 246 g/mol. The molecule has 0 spiro atoms. The van der Waals surface area contributed by atoms with E-state index >= 15 is 0 Å². The number of anilines is 1. The molecule has 5 N–H and O–H groups in total. The summed E-state index contributed by atoms with van der Waals surface area (Å²) in [6, 6.07) is 1.29. The zero-order valence-electron chi connectivity index (χ0n) is 8.37. The van der Waals surface area contributed by atoms with E-state index in [0.717, 1.165) is 4.68 Å². The van der Waals surface area contributed by atoms with Crippen molar-refractivity contribution < 1.29 is 25.2 Å². The van der Waals surface area contributed by atoms with Gasteiger partial charge in [0, 0.05) is 6.20 Å². The van der Waals surface area contributed by atoms with Gasteiger partial charge in [-0.3, -0.25) is 0 Å². The molecule has 1 fully saturated rings. The van der Waals surface area contributed by atoms with E-state index in [4.69, 9.17) is 15.8 Å². The van der Waals surface area contributed by atoms with Crippen molar-refractivity contribution in [1.82, 2.24) is 9.66 Å². The van der Waals surface area contributed by atoms with Gasteiger partial charge in [0.2, 0.25) is 12.5 Å². The van der Waals surface area contributed by atoms with Crippen molar-refractivity contribution in [2.75, 3.05) is 10.9 Å². The standard InChI is InChI=1S/C7H10N4O6/c8-3-1-2-10(7(14)9-3)11-5(13)4(12)6(16-11)17-15/h1-2,4-6,12-13,15H,(H2,8,9,14)/t4-,5+,6+/m0/s1. The lowest BCUT2D eigenvalue weighted by Crippen LogP contribution is -2.47. The maximum atomic E-state index is 11.4. The minimum absolute atomic E-state index is 0.00422. The van der Waals surface area contributed by atoms with Crippen molar-refractivity contribution in [3.05, 3.63) is 22.7 Å². The third kappa shape index (κ3) is 1.94. The molecule has 0 saturated carbocycles. The second kappa shape index (κ2) is 4.27. The molecule has 17 heavy (non-hydrogen) atoms. The van der Waals surface area contributed by atoms with Gasteiger partial charge in [0.05, 0.1) is 0 Å². The number of aliphatic hydroxyl groups excluding tert-OH is 2. The first-order chi connectivity index (χ1) is 8.04. The number of hydrogen-bond donors (Lipinski definition) is 4. The summed E-state index contributed by atoms with van der Waals surface area (Å²) in [5.41, 5.74) is 4.46. The Morgan fingerprint density at radius 1 is 1.53 bits per heavy atom. The maximum Gasteiger partial charge on any atom is 0.370 e. The van der Waals surface area contributed by atoms with Crippen LogP contribution in [0.15, 0.2) is 17.1 Å². The quantitative estimate of drug-likeness (QED) is 0.321. The molecular formula is C7H10N4O6. The largest absolute Gasteiger partial charge is 0.383 e. The van der Waals surface area contributed by atoms with Crippen LogP contribution >= 0.6 is 0 Å². The smallest absolute Gasteiger partial charge is 0.370 e. The fraction of sp³-hybridized carbons (Fsp3) is 0.429. The number of hydroxylamine groups is 1. The molecule has 0 aromatic carbocycles. The molecule has 2 rings (SSSR count). The second-order valence-corrected chi connectivity index (χ2v) is 3.27. The predicted molar refractivity (Wildman–Crippen MR) is 51.7 cm³/mol. The van der Waals surface area contributed by atoms with Gasteiger partial charge in [-0.05, 0) is 6.07 Å². The first-order valence-electron chi connectivity index (χ1n) is 4.52. The molecule has 0 amide bonds. The average Bonchev–Trinajstić information content (AvgIpc) is 2.57. The zero-order chi connectivity index (χ0) is 12.6. The van der Waals surface area contributed by atoms with Crippen molar-refractivity contribution in [1.29, 1.82) is 0 Å². The summed E-state index contributed by atoms with van der Waals surface area (Å²) in [5.74, 6) is -0.00422. The lowest BCUT2D eigenvalue weighted by atomic mass is 10.3. The normalized spacial score (nSPS) is 28.6. The molecule has 1 aliphatic heterocycles. The number of nitrogen functional groups attached to an aromatic ring is 1. The molecule has 0 unspecified atom stereocenters. The van der Waals surface area contributed by atoms with Crippen LogP contribution in [0, 0.1) is 0 Å². The lowest BCUT2D eigenvalue weighted by molar-refractivity contribution is -0.353. The SMILES string of the molecule is Nc1ccn(N2O[C@H](OO)[C@@H](O)[C@H]2O)c(=O)n1. The summed E-state index contributed by atoms with van der Waals surface area (Å²) < 4.78 is 0.767. The van der Waals surface area contributed by atoms with Crippen LogP contribution in [0.3, 0.4) is 0 Å². The Kier molecular flexibility index (Phi) is 2.95. The van der Waals surface area contributed by atoms with Crippen molar-refractivity contribution >= 4 is 5.82 Å². The van der Waals surface area contributed by atoms with Crippen molar-refractivity contribution in [2.24, 2.45) is 0 Å². The van der Waals surface area contributed by atoms with E-state index in [1.54, 1.807) is 0 Å². The highest BCUT2D eigenvalue weighted by molar-refractivity contribution is 5.23. The summed E-state index contributed by atoms with van der Waals surface area (Å²) in [7, 11) is 0. The van der Waals surface area contributed by atoms with E-state index in [-0.39, 0.29) is 5.82 Å². The topological polar surface area (TPSA) is 143 Å². The molecule has 2 heterocycles. The van der Waals surface area contributed by atoms with Crippen molar-refractivity contribution in [3.63, 3.8) is 0 Å². The highest BCUT2D eigenvalue weighted by Crippen LogP contribution is 2.18. The Morgan fingerprint density at radius 3 is 2.76 bits per heavy atom. The van der Waals surface area contributed by atoms with Crippen LogP contribution in [0.1, 0.15) is 0 Å². The molecule has 1 aliphatic rings. The highest BCUT2D eigenvalue weighted by Gasteiger charge is 2.44. The van der Waals surface area contributed by atoms with E-state index in [9.17, 15) is 15.0 Å². The van der Waals surface area contributed by atoms with Gasteiger partial charge in [0.25, 0.3) is 0 Å². The minimum Gasteiger partial charge on any atom is -0.383 e. The van der Waals surface area contributed by atoms with Crippen LogP contribution in [0.2, 0.25) is 0 Å². The van der Waals surface area contributed by atoms with Gasteiger partial charge in [-0.2, -0.15) is 9.66 Å². The highest BCUT2D eigenvalue weighted by atomic mass is 17.2. The molecule has 0 radical (unpaired) electrons. The Morgan fingerprint density at radius 2 is 2.24 bits per heavy atom. The Balaban J connectivity index is 2.32. The third-order valence-corrected chi connectivity index (χ3v) is 2.15. The fourth-order valence-corrected chi connectivity index (χ4v) is 1.32. The number of hydrogen-bond acceptors (Lipinski definition) is 9. The molecular weight excluding hydrogens is 236 g/mol. The van der Waals surface area contributed by atoms with Gasteiger partial charge >= 0.3 is 5.69 Å². The summed E-state index contributed by atoms with van der Waals surface area (Å²) in [6.45, 7) is 0. The number of nitrogens with zero attached hydrogens (tertiary/aromatic N) is 3. The Hall–Kier alpha value is -1.72. The van der Waals surface area contributed by atoms with Gasteiger partial charge in [0.15, 0.2) is 6.10 Å². The van der Waals surface area contributed by atoms with Crippen LogP contribution in [-0.2, 0) is 9.73 Å². The van der Waals surface area contributed by atoms with Crippen molar-refractivity contribution in [2.45, 2.75) is 18.6 Å². The molecule has 94 valence electrons. The first kappa shape index (κ1) is 11.8. The Bertz CT molecular complexity index is 464. The third-order valence-electron chi connectivity index (χ3n) is 2.15. The van der Waals surface area contributed by atoms with Crippen LogP contribution < -0.4 is 16.6 Å². The first-order valence-corrected chi connectivity index (χ1v) is 4.52. The number of aromatic nitrogens is 2. The van der Waals surface area contributed by atoms with E-state index < -0.39 is 24.3 Å². The molecule has 0 aliphatic carbocycles. The summed E-state index contributed by atoms with van der Waals surface area (Å²) >= 11 is 0. The lowest BCUT2D eigenvalue weighted by Gasteiger charge is -2.21. The monoisotopic (exact) mass is 246 g/mol. The molecule has 1 aromatic rings. The molecule has 3 atom stereocenters. The predicted octanol–water partition coefficient (Wildman–Crippen LogP) is -2.80. The van der Waals surface area contributed by atoms with Crippen LogP contribution in [0.4, 0.5) is 5.82 Å². The van der Waals surface area contributed by atoms with Crippen molar-refractivity contribution in [3.8, 4) is 0 Å². The summed E-state index contributed by atoms with van der Waals surface area (Å²) in [5, 5.41) is 27.9. The molecule has 1 saturated heterocycles. The van der Waals surface area contributed by atoms with E-state index in [2.05, 4.69) is 9.87 Å².